The molecule has 0 fully saturated rings. The van der Waals surface area contributed by atoms with Crippen molar-refractivity contribution in [2.24, 2.45) is 0 Å². The summed E-state index contributed by atoms with van der Waals surface area (Å²) < 4.78 is 11.1. The summed E-state index contributed by atoms with van der Waals surface area (Å²) in [5.74, 6) is -0.881. The highest BCUT2D eigenvalue weighted by atomic mass is 32.1. The van der Waals surface area contributed by atoms with Crippen LogP contribution in [0.4, 0.5) is 5.13 Å². The summed E-state index contributed by atoms with van der Waals surface area (Å²) in [4.78, 5) is 27.4. The van der Waals surface area contributed by atoms with E-state index in [1.54, 1.807) is 43.3 Å². The van der Waals surface area contributed by atoms with Crippen LogP contribution in [0, 0.1) is 6.92 Å². The quantitative estimate of drug-likeness (QED) is 0.595. The number of carbonyl (C=O) groups excluding carboxylic acids is 2. The van der Waals surface area contributed by atoms with Gasteiger partial charge < -0.3 is 14.3 Å². The van der Waals surface area contributed by atoms with E-state index in [0.717, 1.165) is 0 Å². The van der Waals surface area contributed by atoms with Crippen molar-refractivity contribution in [2.75, 3.05) is 4.90 Å². The number of aromatic nitrogens is 2. The van der Waals surface area contributed by atoms with Crippen LogP contribution in [0.2, 0.25) is 0 Å². The SMILES string of the molecule is Cc1nnc(N2C(=O)C(O)=C(C(=O)c3ccc(OC(C)C)cc3)C2c2ccco2)s1. The second-order valence-corrected chi connectivity index (χ2v) is 8.14. The van der Waals surface area contributed by atoms with Crippen molar-refractivity contribution in [3.63, 3.8) is 0 Å². The average Bonchev–Trinajstić information content (AvgIpc) is 3.43. The summed E-state index contributed by atoms with van der Waals surface area (Å²) in [6, 6.07) is 8.90. The monoisotopic (exact) mass is 425 g/mol. The number of carbonyl (C=O) groups is 2. The van der Waals surface area contributed by atoms with Gasteiger partial charge in [-0.1, -0.05) is 11.3 Å². The molecule has 8 nitrogen and oxygen atoms in total. The van der Waals surface area contributed by atoms with Gasteiger partial charge in [-0.05, 0) is 57.2 Å². The van der Waals surface area contributed by atoms with Gasteiger partial charge in [0.1, 0.15) is 22.6 Å². The molecule has 2 aromatic heterocycles. The topological polar surface area (TPSA) is 106 Å². The summed E-state index contributed by atoms with van der Waals surface area (Å²) >= 11 is 1.18. The number of hydrogen-bond donors (Lipinski definition) is 1. The Morgan fingerprint density at radius 3 is 2.53 bits per heavy atom. The maximum Gasteiger partial charge on any atom is 0.296 e. The first-order valence-corrected chi connectivity index (χ1v) is 10.1. The van der Waals surface area contributed by atoms with Crippen molar-refractivity contribution in [1.82, 2.24) is 10.2 Å². The number of ketones is 1. The van der Waals surface area contributed by atoms with Crippen molar-refractivity contribution in [1.29, 1.82) is 0 Å². The van der Waals surface area contributed by atoms with E-state index in [4.69, 9.17) is 9.15 Å². The second kappa shape index (κ2) is 7.75. The molecule has 1 unspecified atom stereocenters. The number of amides is 1. The lowest BCUT2D eigenvalue weighted by molar-refractivity contribution is -0.117. The number of rotatable bonds is 6. The average molecular weight is 425 g/mol. The fraction of sp³-hybridized carbons (Fsp3) is 0.238. The number of aryl methyl sites for hydroxylation is 1. The van der Waals surface area contributed by atoms with E-state index >= 15 is 0 Å². The number of furan rings is 1. The third-order valence-corrected chi connectivity index (χ3v) is 5.31. The van der Waals surface area contributed by atoms with E-state index in [1.165, 1.54) is 22.5 Å². The summed E-state index contributed by atoms with van der Waals surface area (Å²) in [5.41, 5.74) is 0.243. The van der Waals surface area contributed by atoms with Crippen molar-refractivity contribution in [3.05, 3.63) is 70.3 Å². The van der Waals surface area contributed by atoms with Gasteiger partial charge in [-0.25, -0.2) is 0 Å². The number of aliphatic hydroxyl groups excluding tert-OH is 1. The maximum absolute atomic E-state index is 13.3. The maximum atomic E-state index is 13.3. The van der Waals surface area contributed by atoms with Gasteiger partial charge in [0, 0.05) is 5.56 Å². The van der Waals surface area contributed by atoms with Gasteiger partial charge >= 0.3 is 0 Å². The van der Waals surface area contributed by atoms with E-state index in [2.05, 4.69) is 10.2 Å². The zero-order valence-corrected chi connectivity index (χ0v) is 17.3. The Balaban J connectivity index is 1.75. The number of nitrogens with zero attached hydrogens (tertiary/aromatic N) is 3. The Bertz CT molecular complexity index is 1120. The van der Waals surface area contributed by atoms with Gasteiger partial charge in [0.05, 0.1) is 17.9 Å². The molecule has 1 aliphatic rings. The Hall–Kier alpha value is -3.46. The van der Waals surface area contributed by atoms with Crippen LogP contribution >= 0.6 is 11.3 Å². The van der Waals surface area contributed by atoms with E-state index < -0.39 is 23.5 Å². The van der Waals surface area contributed by atoms with Crippen LogP contribution in [-0.2, 0) is 4.79 Å². The third-order valence-electron chi connectivity index (χ3n) is 4.48. The molecule has 1 aromatic carbocycles. The minimum absolute atomic E-state index is 0.00184. The number of anilines is 1. The highest BCUT2D eigenvalue weighted by Crippen LogP contribution is 2.42. The third kappa shape index (κ3) is 3.48. The van der Waals surface area contributed by atoms with Gasteiger partial charge in [0.2, 0.25) is 5.13 Å². The number of Topliss-reactive ketones (excluding diaryl/α,β-unsaturated/α-hetero) is 1. The predicted molar refractivity (Wildman–Crippen MR) is 110 cm³/mol. The molecule has 1 N–H and O–H groups in total. The number of aliphatic hydroxyl groups is 1. The molecule has 0 spiro atoms. The molecule has 1 aliphatic heterocycles. The molecule has 4 rings (SSSR count). The van der Waals surface area contributed by atoms with Crippen molar-refractivity contribution >= 4 is 28.2 Å². The first-order valence-electron chi connectivity index (χ1n) is 9.28. The largest absolute Gasteiger partial charge is 0.503 e. The molecule has 1 amide bonds. The Kier molecular flexibility index (Phi) is 5.13. The van der Waals surface area contributed by atoms with Crippen LogP contribution in [0.15, 0.2) is 58.4 Å². The van der Waals surface area contributed by atoms with Crippen LogP contribution in [0.25, 0.3) is 0 Å². The molecule has 0 aliphatic carbocycles. The van der Waals surface area contributed by atoms with Crippen molar-refractivity contribution in [3.8, 4) is 5.75 Å². The molecular weight excluding hydrogens is 406 g/mol. The first-order chi connectivity index (χ1) is 14.4. The van der Waals surface area contributed by atoms with Gasteiger partial charge in [0.25, 0.3) is 5.91 Å². The number of hydrogen-bond acceptors (Lipinski definition) is 8. The normalized spacial score (nSPS) is 16.6. The minimum atomic E-state index is -0.945. The molecule has 0 saturated carbocycles. The molecule has 3 heterocycles. The number of benzene rings is 1. The Morgan fingerprint density at radius 1 is 1.23 bits per heavy atom. The molecule has 154 valence electrons. The predicted octanol–water partition coefficient (Wildman–Crippen LogP) is 4.01. The van der Waals surface area contributed by atoms with E-state index in [9.17, 15) is 14.7 Å². The smallest absolute Gasteiger partial charge is 0.296 e. The Morgan fingerprint density at radius 2 is 1.97 bits per heavy atom. The zero-order valence-electron chi connectivity index (χ0n) is 16.5. The lowest BCUT2D eigenvalue weighted by atomic mass is 9.96. The minimum Gasteiger partial charge on any atom is -0.503 e. The van der Waals surface area contributed by atoms with Crippen LogP contribution in [0.5, 0.6) is 5.75 Å². The van der Waals surface area contributed by atoms with Crippen molar-refractivity contribution < 1.29 is 23.8 Å². The highest BCUT2D eigenvalue weighted by molar-refractivity contribution is 7.15. The van der Waals surface area contributed by atoms with Gasteiger partial charge in [-0.2, -0.15) is 0 Å². The molecule has 1 atom stereocenters. The first kappa shape index (κ1) is 19.8. The second-order valence-electron chi connectivity index (χ2n) is 6.98. The summed E-state index contributed by atoms with van der Waals surface area (Å²) in [6.45, 7) is 5.57. The lowest BCUT2D eigenvalue weighted by Gasteiger charge is -2.21. The molecule has 30 heavy (non-hydrogen) atoms. The fourth-order valence-electron chi connectivity index (χ4n) is 3.25. The molecule has 0 saturated heterocycles. The van der Waals surface area contributed by atoms with E-state index in [0.29, 0.717) is 22.1 Å². The highest BCUT2D eigenvalue weighted by Gasteiger charge is 2.47. The van der Waals surface area contributed by atoms with Crippen LogP contribution in [0.1, 0.15) is 41.0 Å². The van der Waals surface area contributed by atoms with Gasteiger partial charge in [0.15, 0.2) is 11.5 Å². The summed E-state index contributed by atoms with van der Waals surface area (Å²) in [7, 11) is 0. The van der Waals surface area contributed by atoms with Crippen LogP contribution in [-0.4, -0.2) is 33.1 Å². The van der Waals surface area contributed by atoms with Gasteiger partial charge in [-0.3, -0.25) is 14.5 Å². The Labute approximate surface area is 176 Å². The van der Waals surface area contributed by atoms with Crippen LogP contribution < -0.4 is 9.64 Å². The van der Waals surface area contributed by atoms with E-state index in [1.807, 2.05) is 13.8 Å². The summed E-state index contributed by atoms with van der Waals surface area (Å²) in [5, 5.41) is 19.5. The molecular formula is C21H19N3O5S. The standard InChI is InChI=1S/C21H19N3O5S/c1-11(2)29-14-8-6-13(7-9-14)18(25)16-17(15-5-4-10-28-15)24(20(27)19(16)26)21-23-22-12(3)30-21/h4-11,17,26H,1-3H3. The van der Waals surface area contributed by atoms with Crippen molar-refractivity contribution in [2.45, 2.75) is 32.9 Å². The lowest BCUT2D eigenvalue weighted by Crippen LogP contribution is -2.30. The van der Waals surface area contributed by atoms with Crippen LogP contribution in [0.3, 0.4) is 0 Å². The van der Waals surface area contributed by atoms with E-state index in [-0.39, 0.29) is 16.8 Å². The zero-order chi connectivity index (χ0) is 21.4. The summed E-state index contributed by atoms with van der Waals surface area (Å²) in [6.07, 6.45) is 1.44. The fourth-order valence-corrected chi connectivity index (χ4v) is 3.96. The molecule has 9 heteroatoms. The molecule has 3 aromatic rings. The van der Waals surface area contributed by atoms with Gasteiger partial charge in [-0.15, -0.1) is 10.2 Å². The molecule has 0 radical (unpaired) electrons. The number of ether oxygens (including phenoxy) is 1. The molecule has 0 bridgehead atoms.